The number of hydrogen-bond acceptors (Lipinski definition) is 3. The van der Waals surface area contributed by atoms with Crippen molar-refractivity contribution in [2.24, 2.45) is 7.05 Å². The molecule has 0 aliphatic carbocycles. The highest BCUT2D eigenvalue weighted by Crippen LogP contribution is 2.20. The Kier molecular flexibility index (Phi) is 4.39. The Labute approximate surface area is 131 Å². The molecule has 4 heteroatoms. The molecule has 1 fully saturated rings. The molecule has 2 heterocycles. The second-order valence-electron chi connectivity index (χ2n) is 6.01. The fourth-order valence-corrected chi connectivity index (χ4v) is 3.18. The summed E-state index contributed by atoms with van der Waals surface area (Å²) in [4.78, 5) is 14.9. The van der Waals surface area contributed by atoms with Crippen LogP contribution in [-0.2, 0) is 7.05 Å². The zero-order valence-corrected chi connectivity index (χ0v) is 13.4. The number of ketones is 1. The highest BCUT2D eigenvalue weighted by Gasteiger charge is 2.19. The number of allylic oxidation sites excluding steroid dienone is 1. The minimum absolute atomic E-state index is 0.196. The molecule has 2 aromatic rings. The smallest absolute Gasteiger partial charge is 0.177 e. The fraction of sp³-hybridized carbons (Fsp3) is 0.444. The van der Waals surface area contributed by atoms with Crippen molar-refractivity contribution in [3.63, 3.8) is 0 Å². The predicted molar refractivity (Wildman–Crippen MR) is 89.1 cm³/mol. The van der Waals surface area contributed by atoms with Crippen LogP contribution in [0.1, 0.15) is 36.5 Å². The summed E-state index contributed by atoms with van der Waals surface area (Å²) in [6, 6.07) is 5.79. The molecule has 0 unspecified atom stereocenters. The van der Waals surface area contributed by atoms with Gasteiger partial charge in [-0.2, -0.15) is 5.10 Å². The molecule has 0 atom stereocenters. The van der Waals surface area contributed by atoms with E-state index in [1.54, 1.807) is 10.3 Å². The number of aryl methyl sites for hydroxylation is 1. The molecule has 1 aliphatic rings. The van der Waals surface area contributed by atoms with Crippen molar-refractivity contribution >= 4 is 16.7 Å². The van der Waals surface area contributed by atoms with E-state index in [0.717, 1.165) is 48.8 Å². The first-order valence-electron chi connectivity index (χ1n) is 8.03. The van der Waals surface area contributed by atoms with Gasteiger partial charge in [0.1, 0.15) is 0 Å². The lowest BCUT2D eigenvalue weighted by Crippen LogP contribution is -2.35. The SMILES string of the molecule is CCC=C1CCN(CC(=O)c2cccc3nn(C)cc23)CC1. The molecule has 4 nitrogen and oxygen atoms in total. The molecule has 0 N–H and O–H groups in total. The van der Waals surface area contributed by atoms with Gasteiger partial charge in [0.05, 0.1) is 12.1 Å². The maximum atomic E-state index is 12.7. The van der Waals surface area contributed by atoms with E-state index in [1.807, 2.05) is 31.4 Å². The third-order valence-electron chi connectivity index (χ3n) is 4.32. The summed E-state index contributed by atoms with van der Waals surface area (Å²) in [6.45, 7) is 4.66. The van der Waals surface area contributed by atoms with E-state index in [1.165, 1.54) is 0 Å². The number of piperidine rings is 1. The Morgan fingerprint density at radius 1 is 1.32 bits per heavy atom. The number of hydrogen-bond donors (Lipinski definition) is 0. The Bertz CT molecular complexity index is 704. The zero-order valence-electron chi connectivity index (χ0n) is 13.4. The largest absolute Gasteiger partial charge is 0.295 e. The quantitative estimate of drug-likeness (QED) is 0.642. The lowest BCUT2D eigenvalue weighted by Gasteiger charge is -2.27. The van der Waals surface area contributed by atoms with Crippen LogP contribution in [0.4, 0.5) is 0 Å². The van der Waals surface area contributed by atoms with Crippen molar-refractivity contribution < 1.29 is 4.79 Å². The van der Waals surface area contributed by atoms with Crippen molar-refractivity contribution in [3.8, 4) is 0 Å². The maximum Gasteiger partial charge on any atom is 0.177 e. The van der Waals surface area contributed by atoms with E-state index >= 15 is 0 Å². The summed E-state index contributed by atoms with van der Waals surface area (Å²) < 4.78 is 1.77. The number of rotatable bonds is 4. The minimum Gasteiger partial charge on any atom is -0.295 e. The van der Waals surface area contributed by atoms with Crippen LogP contribution in [0.15, 0.2) is 36.0 Å². The molecule has 0 amide bonds. The number of Topliss-reactive ketones (excluding diaryl/α,β-unsaturated/α-hetero) is 1. The number of fused-ring (bicyclic) bond motifs is 1. The average Bonchev–Trinajstić information content (AvgIpc) is 2.89. The molecule has 22 heavy (non-hydrogen) atoms. The summed E-state index contributed by atoms with van der Waals surface area (Å²) >= 11 is 0. The van der Waals surface area contributed by atoms with Crippen LogP contribution in [-0.4, -0.2) is 40.1 Å². The highest BCUT2D eigenvalue weighted by molar-refractivity contribution is 6.08. The first-order chi connectivity index (χ1) is 10.7. The van der Waals surface area contributed by atoms with Gasteiger partial charge in [0.2, 0.25) is 0 Å². The second kappa shape index (κ2) is 6.44. The highest BCUT2D eigenvalue weighted by atomic mass is 16.1. The maximum absolute atomic E-state index is 12.7. The molecule has 3 rings (SSSR count). The number of aromatic nitrogens is 2. The van der Waals surface area contributed by atoms with Crippen LogP contribution in [0.25, 0.3) is 10.9 Å². The Hall–Kier alpha value is -1.94. The van der Waals surface area contributed by atoms with Gasteiger partial charge >= 0.3 is 0 Å². The van der Waals surface area contributed by atoms with Crippen molar-refractivity contribution in [2.45, 2.75) is 26.2 Å². The summed E-state index contributed by atoms with van der Waals surface area (Å²) in [5.41, 5.74) is 3.22. The second-order valence-corrected chi connectivity index (χ2v) is 6.01. The van der Waals surface area contributed by atoms with Gasteiger partial charge in [-0.3, -0.25) is 14.4 Å². The van der Waals surface area contributed by atoms with Crippen LogP contribution in [0.3, 0.4) is 0 Å². The molecule has 0 spiro atoms. The number of carbonyl (C=O) groups is 1. The molecular weight excluding hydrogens is 274 g/mol. The lowest BCUT2D eigenvalue weighted by molar-refractivity contribution is 0.0926. The molecule has 1 aliphatic heterocycles. The normalized spacial score (nSPS) is 16.2. The molecule has 1 aromatic carbocycles. The zero-order chi connectivity index (χ0) is 15.5. The van der Waals surface area contributed by atoms with Crippen LogP contribution in [0, 0.1) is 0 Å². The van der Waals surface area contributed by atoms with Gasteiger partial charge < -0.3 is 0 Å². The van der Waals surface area contributed by atoms with Crippen molar-refractivity contribution in [1.82, 2.24) is 14.7 Å². The van der Waals surface area contributed by atoms with Gasteiger partial charge in [-0.25, -0.2) is 0 Å². The summed E-state index contributed by atoms with van der Waals surface area (Å²) in [6.07, 6.45) is 7.56. The van der Waals surface area contributed by atoms with E-state index < -0.39 is 0 Å². The minimum atomic E-state index is 0.196. The van der Waals surface area contributed by atoms with Crippen LogP contribution in [0.5, 0.6) is 0 Å². The molecule has 0 radical (unpaired) electrons. The van der Waals surface area contributed by atoms with Gasteiger partial charge in [0.15, 0.2) is 5.78 Å². The topological polar surface area (TPSA) is 38.1 Å². The van der Waals surface area contributed by atoms with Crippen LogP contribution < -0.4 is 0 Å². The van der Waals surface area contributed by atoms with E-state index in [4.69, 9.17) is 0 Å². The van der Waals surface area contributed by atoms with Crippen molar-refractivity contribution in [1.29, 1.82) is 0 Å². The Morgan fingerprint density at radius 2 is 2.09 bits per heavy atom. The van der Waals surface area contributed by atoms with Gasteiger partial charge in [-0.15, -0.1) is 0 Å². The molecular formula is C18H23N3O. The number of nitrogens with zero attached hydrogens (tertiary/aromatic N) is 3. The standard InChI is InChI=1S/C18H23N3O/c1-3-5-14-8-10-21(11-9-14)13-18(22)15-6-4-7-17-16(15)12-20(2)19-17/h4-7,12H,3,8-11,13H2,1-2H3. The van der Waals surface area contributed by atoms with E-state index in [9.17, 15) is 4.79 Å². The lowest BCUT2D eigenvalue weighted by atomic mass is 10.0. The number of likely N-dealkylation sites (tertiary alicyclic amines) is 1. The first-order valence-corrected chi connectivity index (χ1v) is 8.03. The van der Waals surface area contributed by atoms with E-state index in [2.05, 4.69) is 23.0 Å². The molecule has 0 saturated carbocycles. The predicted octanol–water partition coefficient (Wildman–Crippen LogP) is 3.19. The number of carbonyl (C=O) groups excluding carboxylic acids is 1. The first kappa shape index (κ1) is 15.0. The average molecular weight is 297 g/mol. The third kappa shape index (κ3) is 3.12. The van der Waals surface area contributed by atoms with E-state index in [-0.39, 0.29) is 5.78 Å². The third-order valence-corrected chi connectivity index (χ3v) is 4.32. The molecule has 1 saturated heterocycles. The van der Waals surface area contributed by atoms with Gasteiger partial charge in [0.25, 0.3) is 0 Å². The van der Waals surface area contributed by atoms with E-state index in [0.29, 0.717) is 6.54 Å². The molecule has 1 aromatic heterocycles. The summed E-state index contributed by atoms with van der Waals surface area (Å²) in [5, 5.41) is 5.33. The van der Waals surface area contributed by atoms with Gasteiger partial charge in [-0.05, 0) is 25.3 Å². The Balaban J connectivity index is 1.71. The molecule has 0 bridgehead atoms. The summed E-state index contributed by atoms with van der Waals surface area (Å²) in [7, 11) is 1.89. The van der Waals surface area contributed by atoms with Crippen molar-refractivity contribution in [3.05, 3.63) is 41.6 Å². The van der Waals surface area contributed by atoms with Crippen molar-refractivity contribution in [2.75, 3.05) is 19.6 Å². The summed E-state index contributed by atoms with van der Waals surface area (Å²) in [5.74, 6) is 0.196. The number of benzene rings is 1. The Morgan fingerprint density at radius 3 is 2.82 bits per heavy atom. The fourth-order valence-electron chi connectivity index (χ4n) is 3.18. The molecule has 116 valence electrons. The van der Waals surface area contributed by atoms with Crippen LogP contribution >= 0.6 is 0 Å². The van der Waals surface area contributed by atoms with Gasteiger partial charge in [-0.1, -0.05) is 30.7 Å². The monoisotopic (exact) mass is 297 g/mol. The van der Waals surface area contributed by atoms with Crippen LogP contribution in [0.2, 0.25) is 0 Å². The van der Waals surface area contributed by atoms with Gasteiger partial charge in [0, 0.05) is 37.3 Å².